The van der Waals surface area contributed by atoms with E-state index in [0.717, 1.165) is 50.0 Å². The first kappa shape index (κ1) is 14.1. The van der Waals surface area contributed by atoms with Crippen LogP contribution in [-0.2, 0) is 4.79 Å². The van der Waals surface area contributed by atoms with Gasteiger partial charge in [-0.15, -0.1) is 0 Å². The van der Waals surface area contributed by atoms with E-state index >= 15 is 0 Å². The molecule has 1 heterocycles. The Labute approximate surface area is 115 Å². The van der Waals surface area contributed by atoms with Crippen molar-refractivity contribution in [1.82, 2.24) is 4.98 Å². The molecule has 1 aliphatic rings. The number of anilines is 1. The Kier molecular flexibility index (Phi) is 4.27. The summed E-state index contributed by atoms with van der Waals surface area (Å²) in [6, 6.07) is 0.475. The predicted molar refractivity (Wildman–Crippen MR) is 75.2 cm³/mol. The lowest BCUT2D eigenvalue weighted by Crippen LogP contribution is -2.46. The third-order valence-electron chi connectivity index (χ3n) is 4.37. The van der Waals surface area contributed by atoms with Gasteiger partial charge >= 0.3 is 6.01 Å². The Morgan fingerprint density at radius 2 is 2.05 bits per heavy atom. The first-order valence-corrected chi connectivity index (χ1v) is 7.31. The zero-order valence-corrected chi connectivity index (χ0v) is 12.2. The minimum absolute atomic E-state index is 0.0680. The fourth-order valence-electron chi connectivity index (χ4n) is 3.07. The number of hydrogen-bond donors (Lipinski definition) is 0. The molecule has 1 aromatic heterocycles. The van der Waals surface area contributed by atoms with Crippen LogP contribution in [0.5, 0.6) is 0 Å². The number of carbonyl (C=O) groups is 1. The van der Waals surface area contributed by atoms with Crippen molar-refractivity contribution in [3.63, 3.8) is 0 Å². The first-order valence-electron chi connectivity index (χ1n) is 7.31. The van der Waals surface area contributed by atoms with Gasteiger partial charge in [0.05, 0.1) is 11.2 Å². The van der Waals surface area contributed by atoms with Crippen LogP contribution in [0, 0.1) is 13.8 Å². The summed E-state index contributed by atoms with van der Waals surface area (Å²) in [5.74, 6) is 0.797. The van der Waals surface area contributed by atoms with Crippen molar-refractivity contribution in [2.24, 2.45) is 0 Å². The summed E-state index contributed by atoms with van der Waals surface area (Å²) in [6.45, 7) is 5.99. The molecule has 19 heavy (non-hydrogen) atoms. The molecule has 1 saturated carbocycles. The fraction of sp³-hybridized carbons (Fsp3) is 0.733. The van der Waals surface area contributed by atoms with E-state index in [9.17, 15) is 4.79 Å². The number of unbranched alkanes of at least 4 members (excludes halogenated alkanes) is 1. The average Bonchev–Trinajstić information content (AvgIpc) is 2.98. The fourth-order valence-corrected chi connectivity index (χ4v) is 3.07. The minimum atomic E-state index is -0.0680. The molecule has 0 N–H and O–H groups in total. The Morgan fingerprint density at radius 3 is 2.53 bits per heavy atom. The van der Waals surface area contributed by atoms with E-state index in [1.54, 1.807) is 4.90 Å². The van der Waals surface area contributed by atoms with Crippen molar-refractivity contribution in [1.29, 1.82) is 0 Å². The van der Waals surface area contributed by atoms with E-state index in [4.69, 9.17) is 4.42 Å². The third kappa shape index (κ3) is 2.67. The molecule has 2 rings (SSSR count). The molecule has 1 amide bonds. The van der Waals surface area contributed by atoms with E-state index in [0.29, 0.717) is 6.01 Å². The highest BCUT2D eigenvalue weighted by atomic mass is 16.4. The second-order valence-electron chi connectivity index (χ2n) is 5.65. The highest BCUT2D eigenvalue weighted by Crippen LogP contribution is 2.41. The third-order valence-corrected chi connectivity index (χ3v) is 4.37. The molecule has 0 bridgehead atoms. The van der Waals surface area contributed by atoms with Gasteiger partial charge in [-0.3, -0.25) is 9.69 Å². The summed E-state index contributed by atoms with van der Waals surface area (Å²) < 4.78 is 5.67. The highest BCUT2D eigenvalue weighted by Gasteiger charge is 2.41. The second kappa shape index (κ2) is 5.76. The Balaban J connectivity index is 2.29. The minimum Gasteiger partial charge on any atom is -0.428 e. The maximum Gasteiger partial charge on any atom is 0.304 e. The number of aromatic nitrogens is 1. The summed E-state index contributed by atoms with van der Waals surface area (Å²) in [7, 11) is 0. The number of rotatable bonds is 6. The van der Waals surface area contributed by atoms with Crippen molar-refractivity contribution in [3.8, 4) is 0 Å². The van der Waals surface area contributed by atoms with Gasteiger partial charge < -0.3 is 4.42 Å². The molecule has 0 radical (unpaired) electrons. The van der Waals surface area contributed by atoms with Gasteiger partial charge in [-0.25, -0.2) is 0 Å². The van der Waals surface area contributed by atoms with Gasteiger partial charge in [-0.1, -0.05) is 32.6 Å². The van der Waals surface area contributed by atoms with Gasteiger partial charge in [0.15, 0.2) is 0 Å². The second-order valence-corrected chi connectivity index (χ2v) is 5.65. The molecular formula is C15H24N2O2. The molecule has 4 nitrogen and oxygen atoms in total. The number of hydrogen-bond acceptors (Lipinski definition) is 3. The molecule has 0 aromatic carbocycles. The van der Waals surface area contributed by atoms with E-state index in [1.807, 2.05) is 13.8 Å². The van der Waals surface area contributed by atoms with Crippen molar-refractivity contribution < 1.29 is 9.21 Å². The van der Waals surface area contributed by atoms with Crippen LogP contribution >= 0.6 is 0 Å². The quantitative estimate of drug-likeness (QED) is 0.735. The standard InChI is InChI=1S/C15H24N2O2/c1-4-5-8-15(9-6-7-10-15)17(11-18)14-16-12(2)13(3)19-14/h11H,4-10H2,1-3H3. The lowest BCUT2D eigenvalue weighted by molar-refractivity contribution is -0.108. The number of nitrogens with zero attached hydrogens (tertiary/aromatic N) is 2. The summed E-state index contributed by atoms with van der Waals surface area (Å²) >= 11 is 0. The average molecular weight is 264 g/mol. The van der Waals surface area contributed by atoms with Crippen LogP contribution in [0.2, 0.25) is 0 Å². The van der Waals surface area contributed by atoms with Crippen molar-refractivity contribution >= 4 is 12.4 Å². The van der Waals surface area contributed by atoms with Crippen LogP contribution in [0.3, 0.4) is 0 Å². The van der Waals surface area contributed by atoms with Crippen molar-refractivity contribution in [2.75, 3.05) is 4.90 Å². The van der Waals surface area contributed by atoms with Crippen LogP contribution in [0.25, 0.3) is 0 Å². The molecular weight excluding hydrogens is 240 g/mol. The Hall–Kier alpha value is -1.32. The van der Waals surface area contributed by atoms with Crippen LogP contribution in [0.15, 0.2) is 4.42 Å². The number of amides is 1. The molecule has 106 valence electrons. The lowest BCUT2D eigenvalue weighted by atomic mass is 9.89. The van der Waals surface area contributed by atoms with Crippen molar-refractivity contribution in [2.45, 2.75) is 71.3 Å². The van der Waals surface area contributed by atoms with Crippen LogP contribution < -0.4 is 4.90 Å². The van der Waals surface area contributed by atoms with Crippen LogP contribution in [0.4, 0.5) is 6.01 Å². The zero-order chi connectivity index (χ0) is 13.9. The number of oxazole rings is 1. The maximum atomic E-state index is 11.6. The maximum absolute atomic E-state index is 11.6. The van der Waals surface area contributed by atoms with Gasteiger partial charge in [-0.2, -0.15) is 4.98 Å². The van der Waals surface area contributed by atoms with E-state index in [1.165, 1.54) is 12.8 Å². The van der Waals surface area contributed by atoms with Crippen LogP contribution in [-0.4, -0.2) is 16.9 Å². The highest BCUT2D eigenvalue weighted by molar-refractivity contribution is 5.73. The monoisotopic (exact) mass is 264 g/mol. The van der Waals surface area contributed by atoms with Crippen molar-refractivity contribution in [3.05, 3.63) is 11.5 Å². The molecule has 0 unspecified atom stereocenters. The van der Waals surface area contributed by atoms with Gasteiger partial charge in [0.1, 0.15) is 5.76 Å². The molecule has 1 aromatic rings. The Bertz CT molecular complexity index is 414. The number of carbonyl (C=O) groups excluding carboxylic acids is 1. The summed E-state index contributed by atoms with van der Waals surface area (Å²) in [5, 5.41) is 0. The van der Waals surface area contributed by atoms with Crippen LogP contribution in [0.1, 0.15) is 63.3 Å². The van der Waals surface area contributed by atoms with E-state index < -0.39 is 0 Å². The molecule has 1 aliphatic carbocycles. The van der Waals surface area contributed by atoms with Gasteiger partial charge in [0.2, 0.25) is 6.41 Å². The largest absolute Gasteiger partial charge is 0.428 e. The van der Waals surface area contributed by atoms with Gasteiger partial charge in [-0.05, 0) is 33.1 Å². The summed E-state index contributed by atoms with van der Waals surface area (Å²) in [5.41, 5.74) is 0.798. The summed E-state index contributed by atoms with van der Waals surface area (Å²) in [6.07, 6.45) is 8.74. The molecule has 0 spiro atoms. The summed E-state index contributed by atoms with van der Waals surface area (Å²) in [4.78, 5) is 17.8. The van der Waals surface area contributed by atoms with Gasteiger partial charge in [0, 0.05) is 0 Å². The van der Waals surface area contributed by atoms with E-state index in [-0.39, 0.29) is 5.54 Å². The molecule has 1 fully saturated rings. The zero-order valence-electron chi connectivity index (χ0n) is 12.2. The molecule has 0 saturated heterocycles. The topological polar surface area (TPSA) is 46.3 Å². The smallest absolute Gasteiger partial charge is 0.304 e. The van der Waals surface area contributed by atoms with Gasteiger partial charge in [0.25, 0.3) is 0 Å². The molecule has 0 aliphatic heterocycles. The Morgan fingerprint density at radius 1 is 1.37 bits per heavy atom. The SMILES string of the molecule is CCCCC1(N(C=O)c2nc(C)c(C)o2)CCCC1. The molecule has 4 heteroatoms. The lowest BCUT2D eigenvalue weighted by Gasteiger charge is -2.36. The van der Waals surface area contributed by atoms with E-state index in [2.05, 4.69) is 11.9 Å². The molecule has 0 atom stereocenters. The normalized spacial score (nSPS) is 17.6. The number of aryl methyl sites for hydroxylation is 2. The first-order chi connectivity index (χ1) is 9.13. The predicted octanol–water partition coefficient (Wildman–Crippen LogP) is 3.76.